The van der Waals surface area contributed by atoms with Crippen LogP contribution >= 0.6 is 11.6 Å². The first-order chi connectivity index (χ1) is 11.7. The largest absolute Gasteiger partial charge is 0.322 e. The minimum absolute atomic E-state index is 0.00621. The molecular weight excluding hydrogens is 362 g/mol. The topological polar surface area (TPSA) is 99.1 Å². The summed E-state index contributed by atoms with van der Waals surface area (Å²) >= 11 is 5.93. The van der Waals surface area contributed by atoms with Crippen LogP contribution in [0.5, 0.6) is 0 Å². The van der Waals surface area contributed by atoms with E-state index in [4.69, 9.17) is 16.9 Å². The predicted octanol–water partition coefficient (Wildman–Crippen LogP) is 3.15. The third-order valence-electron chi connectivity index (χ3n) is 3.14. The molecule has 0 atom stereocenters. The van der Waals surface area contributed by atoms with Gasteiger partial charge in [0.15, 0.2) is 0 Å². The van der Waals surface area contributed by atoms with Crippen LogP contribution in [0.1, 0.15) is 29.8 Å². The van der Waals surface area contributed by atoms with Crippen molar-refractivity contribution < 1.29 is 13.2 Å². The van der Waals surface area contributed by atoms with Crippen molar-refractivity contribution in [3.05, 3.63) is 58.6 Å². The van der Waals surface area contributed by atoms with E-state index in [1.165, 1.54) is 36.4 Å². The summed E-state index contributed by atoms with van der Waals surface area (Å²) in [6, 6.07) is 11.9. The molecule has 0 aliphatic rings. The highest BCUT2D eigenvalue weighted by Gasteiger charge is 2.17. The quantitative estimate of drug-likeness (QED) is 0.835. The van der Waals surface area contributed by atoms with Gasteiger partial charge in [-0.15, -0.1) is 0 Å². The maximum Gasteiger partial charge on any atom is 0.255 e. The Morgan fingerprint density at radius 2 is 1.92 bits per heavy atom. The maximum absolute atomic E-state index is 12.3. The summed E-state index contributed by atoms with van der Waals surface area (Å²) in [6.07, 6.45) is 0. The van der Waals surface area contributed by atoms with Crippen LogP contribution in [-0.2, 0) is 10.0 Å². The highest BCUT2D eigenvalue weighted by molar-refractivity contribution is 7.89. The Bertz CT molecular complexity index is 950. The van der Waals surface area contributed by atoms with E-state index in [9.17, 15) is 13.2 Å². The normalized spacial score (nSPS) is 11.2. The van der Waals surface area contributed by atoms with Crippen LogP contribution in [0.3, 0.4) is 0 Å². The molecule has 0 unspecified atom stereocenters. The molecule has 25 heavy (non-hydrogen) atoms. The van der Waals surface area contributed by atoms with Gasteiger partial charge in [-0.25, -0.2) is 13.1 Å². The predicted molar refractivity (Wildman–Crippen MR) is 96.0 cm³/mol. The van der Waals surface area contributed by atoms with Gasteiger partial charge in [-0.1, -0.05) is 17.7 Å². The Hall–Kier alpha value is -2.40. The van der Waals surface area contributed by atoms with Crippen LogP contribution in [0.2, 0.25) is 5.02 Å². The number of hydrogen-bond acceptors (Lipinski definition) is 4. The number of carbonyl (C=O) groups excluding carboxylic acids is 1. The van der Waals surface area contributed by atoms with Crippen LogP contribution in [0, 0.1) is 11.3 Å². The fraction of sp³-hybridized carbons (Fsp3) is 0.176. The van der Waals surface area contributed by atoms with E-state index in [0.717, 1.165) is 0 Å². The number of nitriles is 1. The third kappa shape index (κ3) is 4.79. The number of nitrogens with zero attached hydrogens (tertiary/aromatic N) is 1. The SMILES string of the molecule is CC(C)NS(=O)(=O)c1cccc(C(=O)Nc2ccc(C#N)c(Cl)c2)c1. The number of halogens is 1. The van der Waals surface area contributed by atoms with Crippen molar-refractivity contribution in [3.63, 3.8) is 0 Å². The van der Waals surface area contributed by atoms with Crippen LogP contribution < -0.4 is 10.0 Å². The fourth-order valence-corrected chi connectivity index (χ4v) is 3.59. The summed E-state index contributed by atoms with van der Waals surface area (Å²) in [6.45, 7) is 3.42. The zero-order chi connectivity index (χ0) is 18.6. The summed E-state index contributed by atoms with van der Waals surface area (Å²) < 4.78 is 26.9. The number of rotatable bonds is 5. The third-order valence-corrected chi connectivity index (χ3v) is 5.11. The lowest BCUT2D eigenvalue weighted by atomic mass is 10.2. The molecule has 2 rings (SSSR count). The molecule has 0 saturated heterocycles. The van der Waals surface area contributed by atoms with Gasteiger partial charge >= 0.3 is 0 Å². The second-order valence-corrected chi connectivity index (χ2v) is 7.69. The molecule has 6 nitrogen and oxygen atoms in total. The summed E-state index contributed by atoms with van der Waals surface area (Å²) in [5, 5.41) is 11.7. The highest BCUT2D eigenvalue weighted by atomic mass is 35.5. The van der Waals surface area contributed by atoms with Crippen LogP contribution in [0.15, 0.2) is 47.4 Å². The Balaban J connectivity index is 2.25. The van der Waals surface area contributed by atoms with Gasteiger partial charge in [0.2, 0.25) is 10.0 Å². The molecule has 2 N–H and O–H groups in total. The van der Waals surface area contributed by atoms with Gasteiger partial charge in [0, 0.05) is 17.3 Å². The number of hydrogen-bond donors (Lipinski definition) is 2. The van der Waals surface area contributed by atoms with Crippen molar-refractivity contribution >= 4 is 33.2 Å². The van der Waals surface area contributed by atoms with E-state index in [2.05, 4.69) is 10.0 Å². The molecule has 0 aliphatic carbocycles. The fourth-order valence-electron chi connectivity index (χ4n) is 2.07. The standard InChI is InChI=1S/C17H16ClN3O3S/c1-11(2)21-25(23,24)15-5-3-4-12(8-15)17(22)20-14-7-6-13(10-19)16(18)9-14/h3-9,11,21H,1-2H3,(H,20,22). The van der Waals surface area contributed by atoms with Gasteiger partial charge in [-0.3, -0.25) is 4.79 Å². The van der Waals surface area contributed by atoms with Crippen molar-refractivity contribution in [2.45, 2.75) is 24.8 Å². The van der Waals surface area contributed by atoms with Gasteiger partial charge in [0.05, 0.1) is 15.5 Å². The molecule has 0 bridgehead atoms. The molecule has 0 aromatic heterocycles. The highest BCUT2D eigenvalue weighted by Crippen LogP contribution is 2.21. The summed E-state index contributed by atoms with van der Waals surface area (Å²) in [5.41, 5.74) is 0.891. The molecule has 0 aliphatic heterocycles. The second-order valence-electron chi connectivity index (χ2n) is 5.56. The van der Waals surface area contributed by atoms with Gasteiger partial charge in [-0.2, -0.15) is 5.26 Å². The zero-order valence-corrected chi connectivity index (χ0v) is 15.1. The monoisotopic (exact) mass is 377 g/mol. The van der Waals surface area contributed by atoms with E-state index < -0.39 is 15.9 Å². The molecule has 0 heterocycles. The maximum atomic E-state index is 12.3. The van der Waals surface area contributed by atoms with Crippen molar-refractivity contribution in [2.24, 2.45) is 0 Å². The number of nitrogens with one attached hydrogen (secondary N) is 2. The van der Waals surface area contributed by atoms with E-state index in [0.29, 0.717) is 11.3 Å². The molecular formula is C17H16ClN3O3S. The summed E-state index contributed by atoms with van der Waals surface area (Å²) in [4.78, 5) is 12.4. The molecule has 1 amide bonds. The van der Waals surface area contributed by atoms with Gasteiger partial charge < -0.3 is 5.32 Å². The average Bonchev–Trinajstić information content (AvgIpc) is 2.54. The zero-order valence-electron chi connectivity index (χ0n) is 13.6. The molecule has 0 saturated carbocycles. The lowest BCUT2D eigenvalue weighted by molar-refractivity contribution is 0.102. The van der Waals surface area contributed by atoms with Crippen LogP contribution in [0.4, 0.5) is 5.69 Å². The van der Waals surface area contributed by atoms with Crippen molar-refractivity contribution in [1.82, 2.24) is 4.72 Å². The van der Waals surface area contributed by atoms with Crippen LogP contribution in [0.25, 0.3) is 0 Å². The van der Waals surface area contributed by atoms with Crippen molar-refractivity contribution in [1.29, 1.82) is 5.26 Å². The molecule has 0 radical (unpaired) electrons. The first-order valence-corrected chi connectivity index (χ1v) is 9.22. The molecule has 2 aromatic carbocycles. The minimum atomic E-state index is -3.69. The first kappa shape index (κ1) is 18.9. The lowest BCUT2D eigenvalue weighted by Crippen LogP contribution is -2.30. The number of benzene rings is 2. The van der Waals surface area contributed by atoms with Crippen LogP contribution in [-0.4, -0.2) is 20.4 Å². The van der Waals surface area contributed by atoms with Crippen molar-refractivity contribution in [2.75, 3.05) is 5.32 Å². The number of amides is 1. The van der Waals surface area contributed by atoms with Gasteiger partial charge in [0.25, 0.3) is 5.91 Å². The van der Waals surface area contributed by atoms with E-state index in [-0.39, 0.29) is 21.5 Å². The average molecular weight is 378 g/mol. The Morgan fingerprint density at radius 3 is 2.52 bits per heavy atom. The first-order valence-electron chi connectivity index (χ1n) is 7.36. The van der Waals surface area contributed by atoms with Crippen molar-refractivity contribution in [3.8, 4) is 6.07 Å². The number of anilines is 1. The smallest absolute Gasteiger partial charge is 0.255 e. The van der Waals surface area contributed by atoms with Gasteiger partial charge in [-0.05, 0) is 50.2 Å². The summed E-state index contributed by atoms with van der Waals surface area (Å²) in [7, 11) is -3.69. The molecule has 2 aromatic rings. The molecule has 8 heteroatoms. The lowest BCUT2D eigenvalue weighted by Gasteiger charge is -2.11. The molecule has 0 spiro atoms. The number of carbonyl (C=O) groups is 1. The number of sulfonamides is 1. The van der Waals surface area contributed by atoms with Gasteiger partial charge in [0.1, 0.15) is 6.07 Å². The summed E-state index contributed by atoms with van der Waals surface area (Å²) in [5.74, 6) is -0.484. The Labute approximate surface area is 151 Å². The van der Waals surface area contributed by atoms with E-state index in [1.54, 1.807) is 19.9 Å². The molecule has 130 valence electrons. The molecule has 0 fully saturated rings. The minimum Gasteiger partial charge on any atom is -0.322 e. The second kappa shape index (κ2) is 7.66. The van der Waals surface area contributed by atoms with E-state index >= 15 is 0 Å². The Morgan fingerprint density at radius 1 is 1.20 bits per heavy atom. The Kier molecular flexibility index (Phi) is 5.80. The van der Waals surface area contributed by atoms with E-state index in [1.807, 2.05) is 6.07 Å².